The van der Waals surface area contributed by atoms with E-state index in [0.29, 0.717) is 18.1 Å². The van der Waals surface area contributed by atoms with Gasteiger partial charge in [0.25, 0.3) is 0 Å². The summed E-state index contributed by atoms with van der Waals surface area (Å²) in [7, 11) is 0. The zero-order valence-corrected chi connectivity index (χ0v) is 10.8. The fraction of sp³-hybridized carbons (Fsp3) is 1.00. The van der Waals surface area contributed by atoms with E-state index >= 15 is 0 Å². The molecule has 0 amide bonds. The van der Waals surface area contributed by atoms with Crippen LogP contribution < -0.4 is 5.32 Å². The molecule has 0 aromatic heterocycles. The maximum Gasteiger partial charge on any atom is 0.0817 e. The quantitative estimate of drug-likeness (QED) is 0.799. The molecule has 2 heterocycles. The van der Waals surface area contributed by atoms with Crippen molar-refractivity contribution in [1.29, 1.82) is 0 Å². The van der Waals surface area contributed by atoms with Gasteiger partial charge in [-0.25, -0.2) is 0 Å². The zero-order chi connectivity index (χ0) is 11.6. The van der Waals surface area contributed by atoms with E-state index in [1.165, 1.54) is 6.42 Å². The predicted octanol–water partition coefficient (Wildman–Crippen LogP) is 1.96. The van der Waals surface area contributed by atoms with E-state index in [1.807, 2.05) is 0 Å². The van der Waals surface area contributed by atoms with E-state index < -0.39 is 0 Å². The summed E-state index contributed by atoms with van der Waals surface area (Å²) in [5, 5.41) is 3.39. The molecule has 3 unspecified atom stereocenters. The lowest BCUT2D eigenvalue weighted by atomic mass is 9.97. The Hall–Kier alpha value is -0.120. The normalized spacial score (nSPS) is 38.8. The molecule has 0 aromatic carbocycles. The third-order valence-electron chi connectivity index (χ3n) is 3.81. The second-order valence-electron chi connectivity index (χ2n) is 5.88. The van der Waals surface area contributed by atoms with E-state index in [2.05, 4.69) is 26.1 Å². The highest BCUT2D eigenvalue weighted by molar-refractivity contribution is 4.82. The SMILES string of the molecule is CC1CCNCC1OCC1CCC(C)(C)O1. The van der Waals surface area contributed by atoms with Gasteiger partial charge in [-0.3, -0.25) is 0 Å². The van der Waals surface area contributed by atoms with Crippen LogP contribution in [0.4, 0.5) is 0 Å². The third kappa shape index (κ3) is 3.19. The molecule has 0 aromatic rings. The summed E-state index contributed by atoms with van der Waals surface area (Å²) in [5.74, 6) is 0.677. The van der Waals surface area contributed by atoms with Crippen LogP contribution in [0.15, 0.2) is 0 Å². The van der Waals surface area contributed by atoms with Crippen molar-refractivity contribution >= 4 is 0 Å². The van der Waals surface area contributed by atoms with Gasteiger partial charge in [0, 0.05) is 6.54 Å². The molecular formula is C13H25NO2. The molecule has 1 N–H and O–H groups in total. The van der Waals surface area contributed by atoms with E-state index in [-0.39, 0.29) is 5.60 Å². The maximum atomic E-state index is 5.98. The summed E-state index contributed by atoms with van der Waals surface area (Å²) in [4.78, 5) is 0. The molecule has 2 saturated heterocycles. The van der Waals surface area contributed by atoms with Crippen LogP contribution in [0.5, 0.6) is 0 Å². The molecule has 0 bridgehead atoms. The molecule has 0 radical (unpaired) electrons. The Morgan fingerprint density at radius 2 is 2.19 bits per heavy atom. The summed E-state index contributed by atoms with van der Waals surface area (Å²) in [5.41, 5.74) is 0.0600. The smallest absolute Gasteiger partial charge is 0.0817 e. The summed E-state index contributed by atoms with van der Waals surface area (Å²) in [6, 6.07) is 0. The monoisotopic (exact) mass is 227 g/mol. The summed E-state index contributed by atoms with van der Waals surface area (Å²) in [6.07, 6.45) is 4.20. The molecule has 3 atom stereocenters. The average molecular weight is 227 g/mol. The Morgan fingerprint density at radius 3 is 2.81 bits per heavy atom. The van der Waals surface area contributed by atoms with Crippen LogP contribution in [-0.2, 0) is 9.47 Å². The van der Waals surface area contributed by atoms with Gasteiger partial charge in [0.2, 0.25) is 0 Å². The van der Waals surface area contributed by atoms with Crippen LogP contribution in [0.25, 0.3) is 0 Å². The number of hydrogen-bond donors (Lipinski definition) is 1. The van der Waals surface area contributed by atoms with Gasteiger partial charge < -0.3 is 14.8 Å². The van der Waals surface area contributed by atoms with Crippen LogP contribution >= 0.6 is 0 Å². The van der Waals surface area contributed by atoms with Gasteiger partial charge in [-0.2, -0.15) is 0 Å². The van der Waals surface area contributed by atoms with Crippen LogP contribution in [0.1, 0.15) is 40.0 Å². The predicted molar refractivity (Wildman–Crippen MR) is 64.6 cm³/mol. The number of piperidine rings is 1. The Kier molecular flexibility index (Phi) is 3.88. The van der Waals surface area contributed by atoms with E-state index in [0.717, 1.165) is 32.5 Å². The van der Waals surface area contributed by atoms with E-state index in [9.17, 15) is 0 Å². The van der Waals surface area contributed by atoms with Gasteiger partial charge in [-0.05, 0) is 45.6 Å². The number of hydrogen-bond acceptors (Lipinski definition) is 3. The van der Waals surface area contributed by atoms with Gasteiger partial charge in [0.05, 0.1) is 24.4 Å². The molecule has 3 nitrogen and oxygen atoms in total. The first-order valence-electron chi connectivity index (χ1n) is 6.57. The highest BCUT2D eigenvalue weighted by atomic mass is 16.6. The lowest BCUT2D eigenvalue weighted by molar-refractivity contribution is -0.0826. The lowest BCUT2D eigenvalue weighted by Crippen LogP contribution is -2.42. The number of nitrogens with one attached hydrogen (secondary N) is 1. The van der Waals surface area contributed by atoms with Crippen LogP contribution in [0.2, 0.25) is 0 Å². The average Bonchev–Trinajstić information content (AvgIpc) is 2.57. The molecule has 0 spiro atoms. The highest BCUT2D eigenvalue weighted by Crippen LogP contribution is 2.29. The molecule has 0 saturated carbocycles. The van der Waals surface area contributed by atoms with Crippen molar-refractivity contribution in [1.82, 2.24) is 5.32 Å². The Labute approximate surface area is 98.9 Å². The fourth-order valence-corrected chi connectivity index (χ4v) is 2.61. The van der Waals surface area contributed by atoms with Gasteiger partial charge in [0.1, 0.15) is 0 Å². The fourth-order valence-electron chi connectivity index (χ4n) is 2.61. The van der Waals surface area contributed by atoms with Crippen molar-refractivity contribution in [3.8, 4) is 0 Å². The third-order valence-corrected chi connectivity index (χ3v) is 3.81. The minimum Gasteiger partial charge on any atom is -0.374 e. The summed E-state index contributed by atoms with van der Waals surface area (Å²) < 4.78 is 11.9. The molecular weight excluding hydrogens is 202 g/mol. The van der Waals surface area contributed by atoms with Gasteiger partial charge >= 0.3 is 0 Å². The first-order valence-corrected chi connectivity index (χ1v) is 6.57. The molecule has 2 fully saturated rings. The molecule has 94 valence electrons. The second kappa shape index (κ2) is 5.03. The van der Waals surface area contributed by atoms with Crippen LogP contribution in [-0.4, -0.2) is 37.5 Å². The van der Waals surface area contributed by atoms with Gasteiger partial charge in [-0.15, -0.1) is 0 Å². The minimum absolute atomic E-state index is 0.0600. The zero-order valence-electron chi connectivity index (χ0n) is 10.8. The molecule has 2 aliphatic heterocycles. The Morgan fingerprint density at radius 1 is 1.38 bits per heavy atom. The largest absolute Gasteiger partial charge is 0.374 e. The van der Waals surface area contributed by atoms with E-state index in [1.54, 1.807) is 0 Å². The lowest BCUT2D eigenvalue weighted by Gasteiger charge is -2.30. The molecule has 2 rings (SSSR count). The second-order valence-corrected chi connectivity index (χ2v) is 5.88. The number of ether oxygens (including phenoxy) is 2. The molecule has 0 aliphatic carbocycles. The number of rotatable bonds is 3. The van der Waals surface area contributed by atoms with E-state index in [4.69, 9.17) is 9.47 Å². The van der Waals surface area contributed by atoms with Crippen LogP contribution in [0, 0.1) is 5.92 Å². The summed E-state index contributed by atoms with van der Waals surface area (Å²) in [6.45, 7) is 9.51. The first kappa shape index (κ1) is 12.3. The van der Waals surface area contributed by atoms with Crippen molar-refractivity contribution in [2.75, 3.05) is 19.7 Å². The standard InChI is InChI=1S/C13H25NO2/c1-10-5-7-14-8-12(10)15-9-11-4-6-13(2,3)16-11/h10-12,14H,4-9H2,1-3H3. The molecule has 2 aliphatic rings. The van der Waals surface area contributed by atoms with Gasteiger partial charge in [-0.1, -0.05) is 6.92 Å². The first-order chi connectivity index (χ1) is 7.57. The van der Waals surface area contributed by atoms with Crippen molar-refractivity contribution < 1.29 is 9.47 Å². The van der Waals surface area contributed by atoms with Gasteiger partial charge in [0.15, 0.2) is 0 Å². The van der Waals surface area contributed by atoms with Crippen molar-refractivity contribution in [2.45, 2.75) is 57.8 Å². The minimum atomic E-state index is 0.0600. The van der Waals surface area contributed by atoms with Crippen molar-refractivity contribution in [2.24, 2.45) is 5.92 Å². The Balaban J connectivity index is 1.71. The molecule has 3 heteroatoms. The Bertz CT molecular complexity index is 230. The maximum absolute atomic E-state index is 5.98. The topological polar surface area (TPSA) is 30.5 Å². The summed E-state index contributed by atoms with van der Waals surface area (Å²) >= 11 is 0. The van der Waals surface area contributed by atoms with Crippen molar-refractivity contribution in [3.05, 3.63) is 0 Å². The van der Waals surface area contributed by atoms with Crippen LogP contribution in [0.3, 0.4) is 0 Å². The molecule has 16 heavy (non-hydrogen) atoms. The highest BCUT2D eigenvalue weighted by Gasteiger charge is 2.32. The van der Waals surface area contributed by atoms with Crippen molar-refractivity contribution in [3.63, 3.8) is 0 Å².